The third-order valence-corrected chi connectivity index (χ3v) is 4.88. The Labute approximate surface area is 158 Å². The van der Waals surface area contributed by atoms with E-state index in [0.717, 1.165) is 12.8 Å². The summed E-state index contributed by atoms with van der Waals surface area (Å²) in [6, 6.07) is 10.1. The van der Waals surface area contributed by atoms with E-state index in [9.17, 15) is 14.4 Å². The third-order valence-electron chi connectivity index (χ3n) is 3.86. The van der Waals surface area contributed by atoms with Crippen LogP contribution in [0.4, 0.5) is 0 Å². The van der Waals surface area contributed by atoms with E-state index >= 15 is 0 Å². The number of ether oxygens (including phenoxy) is 1. The summed E-state index contributed by atoms with van der Waals surface area (Å²) in [5.41, 5.74) is 1.22. The van der Waals surface area contributed by atoms with Gasteiger partial charge < -0.3 is 10.1 Å². The van der Waals surface area contributed by atoms with Crippen molar-refractivity contribution in [3.63, 3.8) is 0 Å². The molecule has 1 unspecified atom stereocenters. The lowest BCUT2D eigenvalue weighted by Crippen LogP contribution is -2.41. The summed E-state index contributed by atoms with van der Waals surface area (Å²) in [5, 5.41) is 3.37. The van der Waals surface area contributed by atoms with Crippen LogP contribution >= 0.6 is 11.8 Å². The van der Waals surface area contributed by atoms with Crippen LogP contribution in [0.15, 0.2) is 41.4 Å². The second-order valence-electron chi connectivity index (χ2n) is 6.00. The van der Waals surface area contributed by atoms with E-state index in [-0.39, 0.29) is 36.8 Å². The highest BCUT2D eigenvalue weighted by atomic mass is 32.2. The molecular formula is C19H24N2O4S. The summed E-state index contributed by atoms with van der Waals surface area (Å²) in [5.74, 6) is -0.706. The van der Waals surface area contributed by atoms with Gasteiger partial charge in [0.15, 0.2) is 0 Å². The fourth-order valence-electron chi connectivity index (χ4n) is 2.55. The summed E-state index contributed by atoms with van der Waals surface area (Å²) in [4.78, 5) is 37.2. The Bertz CT molecular complexity index is 675. The Kier molecular flexibility index (Phi) is 7.72. The van der Waals surface area contributed by atoms with Gasteiger partial charge in [-0.1, -0.05) is 42.1 Å². The van der Waals surface area contributed by atoms with Gasteiger partial charge in [-0.3, -0.25) is 14.5 Å². The molecular weight excluding hydrogens is 352 g/mol. The molecule has 26 heavy (non-hydrogen) atoms. The lowest BCUT2D eigenvalue weighted by Gasteiger charge is -2.19. The normalized spacial score (nSPS) is 16.6. The lowest BCUT2D eigenvalue weighted by atomic mass is 10.1. The predicted octanol–water partition coefficient (Wildman–Crippen LogP) is 2.10. The van der Waals surface area contributed by atoms with Crippen molar-refractivity contribution < 1.29 is 19.1 Å². The van der Waals surface area contributed by atoms with Crippen molar-refractivity contribution in [2.45, 2.75) is 32.7 Å². The fourth-order valence-corrected chi connectivity index (χ4v) is 3.48. The largest absolute Gasteiger partial charge is 0.463 e. The molecule has 1 aliphatic rings. The number of thioether (sulfide) groups is 1. The van der Waals surface area contributed by atoms with Crippen LogP contribution in [0.1, 0.15) is 25.8 Å². The average molecular weight is 376 g/mol. The average Bonchev–Trinajstić information content (AvgIpc) is 2.94. The number of aryl methyl sites for hydroxylation is 1. The molecule has 6 nitrogen and oxygen atoms in total. The highest BCUT2D eigenvalue weighted by Gasteiger charge is 2.29. The summed E-state index contributed by atoms with van der Waals surface area (Å²) in [6.45, 7) is 3.83. The lowest BCUT2D eigenvalue weighted by molar-refractivity contribution is -0.137. The minimum atomic E-state index is -0.508. The van der Waals surface area contributed by atoms with E-state index in [0.29, 0.717) is 5.03 Å². The Balaban J connectivity index is 1.84. The maximum absolute atomic E-state index is 12.3. The summed E-state index contributed by atoms with van der Waals surface area (Å²) < 4.78 is 4.86. The summed E-state index contributed by atoms with van der Waals surface area (Å²) in [7, 11) is 0. The standard InChI is InChI=1S/C19H24N2O4S/c1-3-25-19(24)11-18-21(17(23)13-26-18)12-16(22)20-14(2)9-10-15-7-5-4-6-8-15/h4-8,11,14H,3,9-10,12-13H2,1-2H3,(H,20,22)/b18-11-. The van der Waals surface area contributed by atoms with Crippen LogP contribution in [-0.4, -0.2) is 47.6 Å². The van der Waals surface area contributed by atoms with Crippen molar-refractivity contribution in [2.75, 3.05) is 18.9 Å². The first-order valence-corrected chi connectivity index (χ1v) is 9.63. The number of rotatable bonds is 8. The number of carbonyl (C=O) groups is 3. The summed E-state index contributed by atoms with van der Waals surface area (Å²) in [6.07, 6.45) is 2.95. The molecule has 7 heteroatoms. The fraction of sp³-hybridized carbons (Fsp3) is 0.421. The van der Waals surface area contributed by atoms with Gasteiger partial charge in [-0.25, -0.2) is 4.79 Å². The minimum Gasteiger partial charge on any atom is -0.463 e. The first-order chi connectivity index (χ1) is 12.5. The number of carbonyl (C=O) groups excluding carboxylic acids is 3. The number of hydrogen-bond acceptors (Lipinski definition) is 5. The molecule has 1 atom stereocenters. The first-order valence-electron chi connectivity index (χ1n) is 8.64. The van der Waals surface area contributed by atoms with Crippen molar-refractivity contribution in [1.82, 2.24) is 10.2 Å². The number of nitrogens with one attached hydrogen (secondary N) is 1. The van der Waals surface area contributed by atoms with Gasteiger partial charge in [-0.2, -0.15) is 0 Å². The molecule has 1 aliphatic heterocycles. The zero-order valence-corrected chi connectivity index (χ0v) is 15.9. The molecule has 0 radical (unpaired) electrons. The SMILES string of the molecule is CCOC(=O)/C=C1\SCC(=O)N1CC(=O)NC(C)CCc1ccccc1. The second kappa shape index (κ2) is 10.0. The molecule has 2 rings (SSSR count). The van der Waals surface area contributed by atoms with Gasteiger partial charge in [-0.05, 0) is 32.3 Å². The first kappa shape index (κ1) is 20.0. The molecule has 0 aromatic heterocycles. The molecule has 0 bridgehead atoms. The van der Waals surface area contributed by atoms with Gasteiger partial charge in [0.25, 0.3) is 0 Å². The maximum Gasteiger partial charge on any atom is 0.333 e. The monoisotopic (exact) mass is 376 g/mol. The van der Waals surface area contributed by atoms with Gasteiger partial charge in [0.1, 0.15) is 6.54 Å². The van der Waals surface area contributed by atoms with Crippen molar-refractivity contribution in [3.8, 4) is 0 Å². The van der Waals surface area contributed by atoms with Crippen LogP contribution in [0.3, 0.4) is 0 Å². The summed E-state index contributed by atoms with van der Waals surface area (Å²) >= 11 is 1.24. The minimum absolute atomic E-state index is 0.00875. The van der Waals surface area contributed by atoms with E-state index in [1.807, 2.05) is 25.1 Å². The molecule has 0 saturated carbocycles. The number of nitrogens with zero attached hydrogens (tertiary/aromatic N) is 1. The van der Waals surface area contributed by atoms with E-state index in [1.165, 1.54) is 28.3 Å². The second-order valence-corrected chi connectivity index (χ2v) is 6.99. The Morgan fingerprint density at radius 1 is 1.35 bits per heavy atom. The van der Waals surface area contributed by atoms with Crippen LogP contribution in [0.2, 0.25) is 0 Å². The van der Waals surface area contributed by atoms with Gasteiger partial charge in [0.05, 0.1) is 23.5 Å². The molecule has 2 amide bonds. The van der Waals surface area contributed by atoms with E-state index < -0.39 is 5.97 Å². The van der Waals surface area contributed by atoms with E-state index in [4.69, 9.17) is 4.74 Å². The molecule has 140 valence electrons. The Morgan fingerprint density at radius 2 is 2.08 bits per heavy atom. The van der Waals surface area contributed by atoms with Crippen molar-refractivity contribution >= 4 is 29.5 Å². The number of amides is 2. The highest BCUT2D eigenvalue weighted by molar-refractivity contribution is 8.04. The molecule has 1 heterocycles. The van der Waals surface area contributed by atoms with Crippen molar-refractivity contribution in [1.29, 1.82) is 0 Å². The van der Waals surface area contributed by atoms with Gasteiger partial charge in [0.2, 0.25) is 11.8 Å². The number of hydrogen-bond donors (Lipinski definition) is 1. The van der Waals surface area contributed by atoms with E-state index in [1.54, 1.807) is 6.92 Å². The Hall–Kier alpha value is -2.28. The molecule has 1 aromatic rings. The molecule has 1 N–H and O–H groups in total. The smallest absolute Gasteiger partial charge is 0.333 e. The van der Waals surface area contributed by atoms with Crippen LogP contribution in [0, 0.1) is 0 Å². The molecule has 0 aliphatic carbocycles. The van der Waals surface area contributed by atoms with Gasteiger partial charge >= 0.3 is 5.97 Å². The number of benzene rings is 1. The zero-order valence-electron chi connectivity index (χ0n) is 15.1. The maximum atomic E-state index is 12.3. The predicted molar refractivity (Wildman–Crippen MR) is 101 cm³/mol. The molecule has 1 fully saturated rings. The van der Waals surface area contributed by atoms with Gasteiger partial charge in [-0.15, -0.1) is 0 Å². The number of esters is 1. The third kappa shape index (κ3) is 6.22. The van der Waals surface area contributed by atoms with Crippen LogP contribution in [0.5, 0.6) is 0 Å². The van der Waals surface area contributed by atoms with Crippen molar-refractivity contribution in [2.24, 2.45) is 0 Å². The molecule has 1 saturated heterocycles. The van der Waals surface area contributed by atoms with Crippen LogP contribution in [-0.2, 0) is 25.5 Å². The topological polar surface area (TPSA) is 75.7 Å². The zero-order chi connectivity index (χ0) is 18.9. The van der Waals surface area contributed by atoms with Crippen LogP contribution in [0.25, 0.3) is 0 Å². The highest BCUT2D eigenvalue weighted by Crippen LogP contribution is 2.28. The quantitative estimate of drug-likeness (QED) is 0.555. The van der Waals surface area contributed by atoms with E-state index in [2.05, 4.69) is 17.4 Å². The molecule has 1 aromatic carbocycles. The van der Waals surface area contributed by atoms with Crippen molar-refractivity contribution in [3.05, 3.63) is 47.0 Å². The van der Waals surface area contributed by atoms with Crippen LogP contribution < -0.4 is 5.32 Å². The van der Waals surface area contributed by atoms with Gasteiger partial charge in [0, 0.05) is 6.04 Å². The molecule has 0 spiro atoms. The Morgan fingerprint density at radius 3 is 2.77 bits per heavy atom.